The van der Waals surface area contributed by atoms with Crippen molar-refractivity contribution in [2.45, 2.75) is 64.9 Å². The molecule has 1 aromatic heterocycles. The maximum Gasteiger partial charge on any atom is 0.236 e. The van der Waals surface area contributed by atoms with E-state index in [1.165, 1.54) is 0 Å². The standard InChI is InChI=1S/C22H25NO4/c1-20(2)9-14(24)18-15(10-20)27-22(19(18)13-7-5-6-8-23-13)16(25)11-21(3,4)12-17(22)26/h5-8,19H,9-12H2,1-4H3. The van der Waals surface area contributed by atoms with Gasteiger partial charge in [0.15, 0.2) is 17.3 Å². The third-order valence-electron chi connectivity index (χ3n) is 5.95. The van der Waals surface area contributed by atoms with Crippen molar-refractivity contribution in [3.63, 3.8) is 0 Å². The van der Waals surface area contributed by atoms with E-state index in [4.69, 9.17) is 4.74 Å². The molecule has 1 unspecified atom stereocenters. The summed E-state index contributed by atoms with van der Waals surface area (Å²) in [5, 5.41) is 0. The van der Waals surface area contributed by atoms with Crippen LogP contribution in [0.25, 0.3) is 0 Å². The zero-order chi connectivity index (χ0) is 19.6. The number of ether oxygens (including phenoxy) is 1. The summed E-state index contributed by atoms with van der Waals surface area (Å²) in [4.78, 5) is 44.1. The highest BCUT2D eigenvalue weighted by Crippen LogP contribution is 2.56. The number of aromatic nitrogens is 1. The summed E-state index contributed by atoms with van der Waals surface area (Å²) in [5.41, 5.74) is -1.25. The number of ketones is 3. The van der Waals surface area contributed by atoms with Crippen LogP contribution in [0, 0.1) is 10.8 Å². The monoisotopic (exact) mass is 367 g/mol. The molecule has 1 aromatic rings. The minimum atomic E-state index is -1.63. The van der Waals surface area contributed by atoms with Crippen LogP contribution in [0.4, 0.5) is 0 Å². The lowest BCUT2D eigenvalue weighted by atomic mass is 9.62. The summed E-state index contributed by atoms with van der Waals surface area (Å²) in [7, 11) is 0. The van der Waals surface area contributed by atoms with Gasteiger partial charge in [0.1, 0.15) is 5.76 Å². The van der Waals surface area contributed by atoms with Crippen molar-refractivity contribution >= 4 is 17.3 Å². The Morgan fingerprint density at radius 1 is 0.926 bits per heavy atom. The van der Waals surface area contributed by atoms with Gasteiger partial charge >= 0.3 is 0 Å². The minimum absolute atomic E-state index is 0.0424. The van der Waals surface area contributed by atoms with E-state index in [1.807, 2.05) is 33.8 Å². The van der Waals surface area contributed by atoms with Crippen molar-refractivity contribution in [1.29, 1.82) is 0 Å². The Balaban J connectivity index is 1.90. The van der Waals surface area contributed by atoms with Gasteiger partial charge in [0.25, 0.3) is 0 Å². The molecular formula is C22H25NO4. The highest BCUT2D eigenvalue weighted by Gasteiger charge is 2.65. The third kappa shape index (κ3) is 2.67. The molecular weight excluding hydrogens is 342 g/mol. The Morgan fingerprint density at radius 2 is 1.56 bits per heavy atom. The van der Waals surface area contributed by atoms with Gasteiger partial charge in [0, 0.05) is 37.5 Å². The average Bonchev–Trinajstić information content (AvgIpc) is 2.88. The highest BCUT2D eigenvalue weighted by molar-refractivity contribution is 6.17. The van der Waals surface area contributed by atoms with Crippen LogP contribution in [0.3, 0.4) is 0 Å². The molecule has 27 heavy (non-hydrogen) atoms. The molecule has 5 nitrogen and oxygen atoms in total. The van der Waals surface area contributed by atoms with Crippen LogP contribution in [-0.2, 0) is 19.1 Å². The van der Waals surface area contributed by atoms with E-state index >= 15 is 0 Å². The minimum Gasteiger partial charge on any atom is -0.474 e. The van der Waals surface area contributed by atoms with Crippen molar-refractivity contribution in [2.75, 3.05) is 0 Å². The number of rotatable bonds is 1. The molecule has 1 spiro atoms. The fourth-order valence-corrected chi connectivity index (χ4v) is 4.84. The predicted molar refractivity (Wildman–Crippen MR) is 98.9 cm³/mol. The fourth-order valence-electron chi connectivity index (χ4n) is 4.84. The van der Waals surface area contributed by atoms with Crippen molar-refractivity contribution in [1.82, 2.24) is 4.98 Å². The average molecular weight is 367 g/mol. The molecule has 5 heteroatoms. The van der Waals surface area contributed by atoms with E-state index in [0.29, 0.717) is 29.9 Å². The summed E-state index contributed by atoms with van der Waals surface area (Å²) in [6.07, 6.45) is 3.05. The van der Waals surface area contributed by atoms with E-state index in [0.717, 1.165) is 0 Å². The molecule has 4 rings (SSSR count). The second kappa shape index (κ2) is 5.60. The SMILES string of the molecule is CC1(C)CC(=O)C2(OC3=C(C(=O)CC(C)(C)C3)C2c2ccccn2)C(=O)C1. The first kappa shape index (κ1) is 18.1. The van der Waals surface area contributed by atoms with Crippen molar-refractivity contribution in [3.05, 3.63) is 41.4 Å². The second-order valence-electron chi connectivity index (χ2n) is 9.67. The van der Waals surface area contributed by atoms with Crippen molar-refractivity contribution in [2.24, 2.45) is 10.8 Å². The highest BCUT2D eigenvalue weighted by atomic mass is 16.5. The molecule has 1 fully saturated rings. The Kier molecular flexibility index (Phi) is 3.75. The molecule has 2 heterocycles. The summed E-state index contributed by atoms with van der Waals surface area (Å²) in [6, 6.07) is 5.37. The predicted octanol–water partition coefficient (Wildman–Crippen LogP) is 3.54. The van der Waals surface area contributed by atoms with Gasteiger partial charge in [-0.25, -0.2) is 0 Å². The van der Waals surface area contributed by atoms with Crippen LogP contribution >= 0.6 is 0 Å². The van der Waals surface area contributed by atoms with E-state index in [1.54, 1.807) is 18.3 Å². The zero-order valence-corrected chi connectivity index (χ0v) is 16.3. The van der Waals surface area contributed by atoms with Gasteiger partial charge in [0.05, 0.1) is 11.6 Å². The molecule has 1 saturated carbocycles. The van der Waals surface area contributed by atoms with E-state index in [-0.39, 0.29) is 35.6 Å². The molecule has 0 radical (unpaired) electrons. The molecule has 2 aliphatic carbocycles. The molecule has 0 amide bonds. The Labute approximate surface area is 159 Å². The first-order valence-corrected chi connectivity index (χ1v) is 9.49. The largest absolute Gasteiger partial charge is 0.474 e. The van der Waals surface area contributed by atoms with Gasteiger partial charge in [-0.1, -0.05) is 33.8 Å². The molecule has 1 aliphatic heterocycles. The summed E-state index contributed by atoms with van der Waals surface area (Å²) >= 11 is 0. The third-order valence-corrected chi connectivity index (χ3v) is 5.95. The van der Waals surface area contributed by atoms with Crippen LogP contribution in [0.15, 0.2) is 35.7 Å². The molecule has 3 aliphatic rings. The summed E-state index contributed by atoms with van der Waals surface area (Å²) in [6.45, 7) is 7.85. The second-order valence-corrected chi connectivity index (χ2v) is 9.67. The van der Waals surface area contributed by atoms with Gasteiger partial charge in [-0.15, -0.1) is 0 Å². The van der Waals surface area contributed by atoms with Gasteiger partial charge in [-0.2, -0.15) is 0 Å². The molecule has 0 saturated heterocycles. The van der Waals surface area contributed by atoms with E-state index in [2.05, 4.69) is 4.98 Å². The lowest BCUT2D eigenvalue weighted by molar-refractivity contribution is -0.160. The van der Waals surface area contributed by atoms with Gasteiger partial charge in [0.2, 0.25) is 5.60 Å². The van der Waals surface area contributed by atoms with Crippen LogP contribution in [0.5, 0.6) is 0 Å². The normalized spacial score (nSPS) is 28.3. The number of pyridine rings is 1. The number of Topliss-reactive ketones (excluding diaryl/α,β-unsaturated/α-hetero) is 3. The summed E-state index contributed by atoms with van der Waals surface area (Å²) in [5.74, 6) is -0.750. The fraction of sp³-hybridized carbons (Fsp3) is 0.545. The topological polar surface area (TPSA) is 73.3 Å². The zero-order valence-electron chi connectivity index (χ0n) is 16.3. The van der Waals surface area contributed by atoms with Crippen molar-refractivity contribution < 1.29 is 19.1 Å². The first-order valence-electron chi connectivity index (χ1n) is 9.49. The van der Waals surface area contributed by atoms with Crippen LogP contribution in [-0.4, -0.2) is 27.9 Å². The first-order chi connectivity index (χ1) is 12.6. The lowest BCUT2D eigenvalue weighted by Gasteiger charge is -2.41. The summed E-state index contributed by atoms with van der Waals surface area (Å²) < 4.78 is 6.20. The smallest absolute Gasteiger partial charge is 0.236 e. The number of carbonyl (C=O) groups is 3. The van der Waals surface area contributed by atoms with E-state index in [9.17, 15) is 14.4 Å². The number of nitrogens with zero attached hydrogens (tertiary/aromatic N) is 1. The maximum atomic E-state index is 13.3. The van der Waals surface area contributed by atoms with Gasteiger partial charge < -0.3 is 4.74 Å². The molecule has 0 aromatic carbocycles. The van der Waals surface area contributed by atoms with Crippen LogP contribution < -0.4 is 0 Å². The van der Waals surface area contributed by atoms with Crippen LogP contribution in [0.2, 0.25) is 0 Å². The molecule has 0 bridgehead atoms. The number of hydrogen-bond acceptors (Lipinski definition) is 5. The van der Waals surface area contributed by atoms with Crippen molar-refractivity contribution in [3.8, 4) is 0 Å². The quantitative estimate of drug-likeness (QED) is 0.710. The van der Waals surface area contributed by atoms with Crippen LogP contribution in [0.1, 0.15) is 65.0 Å². The molecule has 1 atom stereocenters. The molecule has 0 N–H and O–H groups in total. The van der Waals surface area contributed by atoms with E-state index < -0.39 is 16.9 Å². The number of carbonyl (C=O) groups excluding carboxylic acids is 3. The Bertz CT molecular complexity index is 859. The Morgan fingerprint density at radius 3 is 2.15 bits per heavy atom. The van der Waals surface area contributed by atoms with Gasteiger partial charge in [-0.3, -0.25) is 19.4 Å². The van der Waals surface area contributed by atoms with Gasteiger partial charge in [-0.05, 0) is 23.0 Å². The maximum absolute atomic E-state index is 13.3. The number of hydrogen-bond donors (Lipinski definition) is 0. The number of allylic oxidation sites excluding steroid dienone is 1. The lowest BCUT2D eigenvalue weighted by Crippen LogP contribution is -2.57. The molecule has 142 valence electrons. The Hall–Kier alpha value is -2.30.